The zero-order chi connectivity index (χ0) is 13.2. The van der Waals surface area contributed by atoms with Crippen LogP contribution in [0.2, 0.25) is 0 Å². The van der Waals surface area contributed by atoms with E-state index < -0.39 is 0 Å². The van der Waals surface area contributed by atoms with E-state index in [4.69, 9.17) is 9.78 Å². The molecule has 3 aromatic rings. The van der Waals surface area contributed by atoms with Gasteiger partial charge in [-0.3, -0.25) is 0 Å². The van der Waals surface area contributed by atoms with E-state index >= 15 is 0 Å². The normalized spacial score (nSPS) is 10.3. The second-order valence-electron chi connectivity index (χ2n) is 4.21. The van der Waals surface area contributed by atoms with Gasteiger partial charge in [0.2, 0.25) is 5.82 Å². The summed E-state index contributed by atoms with van der Waals surface area (Å²) in [5.41, 5.74) is 3.22. The molecule has 5 heteroatoms. The van der Waals surface area contributed by atoms with Crippen molar-refractivity contribution in [1.29, 1.82) is 5.26 Å². The van der Waals surface area contributed by atoms with E-state index in [1.807, 2.05) is 37.3 Å². The van der Waals surface area contributed by atoms with Gasteiger partial charge in [-0.05, 0) is 19.1 Å². The van der Waals surface area contributed by atoms with Gasteiger partial charge in [0.15, 0.2) is 0 Å². The maximum absolute atomic E-state index is 8.76. The minimum atomic E-state index is 0.397. The van der Waals surface area contributed by atoms with E-state index in [-0.39, 0.29) is 0 Å². The summed E-state index contributed by atoms with van der Waals surface area (Å²) in [6.45, 7) is 2.01. The summed E-state index contributed by atoms with van der Waals surface area (Å²) < 4.78 is 5.21. The topological polar surface area (TPSA) is 78.5 Å². The Bertz CT molecular complexity index is 764. The lowest BCUT2D eigenvalue weighted by atomic mass is 10.1. The second kappa shape index (κ2) is 4.42. The number of hydrogen-bond acceptors (Lipinski definition) is 4. The molecule has 0 fully saturated rings. The van der Waals surface area contributed by atoms with E-state index in [0.29, 0.717) is 23.0 Å². The first-order valence-electron chi connectivity index (χ1n) is 5.76. The molecule has 2 heterocycles. The first kappa shape index (κ1) is 11.2. The number of benzene rings is 1. The van der Waals surface area contributed by atoms with Crippen LogP contribution in [0.25, 0.3) is 22.8 Å². The summed E-state index contributed by atoms with van der Waals surface area (Å²) in [5, 5.41) is 12.7. The molecule has 1 N–H and O–H groups in total. The van der Waals surface area contributed by atoms with Gasteiger partial charge in [0.25, 0.3) is 5.89 Å². The molecule has 5 nitrogen and oxygen atoms in total. The fourth-order valence-corrected chi connectivity index (χ4v) is 1.82. The van der Waals surface area contributed by atoms with Crippen molar-refractivity contribution in [3.05, 3.63) is 47.8 Å². The summed E-state index contributed by atoms with van der Waals surface area (Å²) in [4.78, 5) is 7.16. The Morgan fingerprint density at radius 1 is 1.26 bits per heavy atom. The van der Waals surface area contributed by atoms with Crippen LogP contribution in [0.5, 0.6) is 0 Å². The first-order chi connectivity index (χ1) is 9.26. The molecule has 1 aromatic carbocycles. The van der Waals surface area contributed by atoms with Crippen LogP contribution in [-0.4, -0.2) is 15.1 Å². The maximum Gasteiger partial charge on any atom is 0.259 e. The van der Waals surface area contributed by atoms with Crippen molar-refractivity contribution in [2.45, 2.75) is 6.92 Å². The SMILES string of the molecule is Cc1cccc(-c2noc(-c3c[nH]c(C#N)c3)n2)c1. The Labute approximate surface area is 109 Å². The van der Waals surface area contributed by atoms with Crippen LogP contribution >= 0.6 is 0 Å². The van der Waals surface area contributed by atoms with E-state index in [9.17, 15) is 0 Å². The molecule has 0 saturated carbocycles. The molecule has 0 aliphatic heterocycles. The molecule has 0 atom stereocenters. The summed E-state index contributed by atoms with van der Waals surface area (Å²) >= 11 is 0. The van der Waals surface area contributed by atoms with Gasteiger partial charge in [-0.2, -0.15) is 10.2 Å². The third kappa shape index (κ3) is 2.11. The molecule has 0 aliphatic rings. The minimum absolute atomic E-state index is 0.397. The van der Waals surface area contributed by atoms with Gasteiger partial charge in [0.05, 0.1) is 5.56 Å². The molecule has 92 valence electrons. The van der Waals surface area contributed by atoms with Crippen LogP contribution in [0.1, 0.15) is 11.3 Å². The number of nitriles is 1. The van der Waals surface area contributed by atoms with E-state index in [0.717, 1.165) is 11.1 Å². The summed E-state index contributed by atoms with van der Waals surface area (Å²) in [7, 11) is 0. The molecule has 2 aromatic heterocycles. The van der Waals surface area contributed by atoms with Crippen molar-refractivity contribution in [3.8, 4) is 28.9 Å². The number of aromatic nitrogens is 3. The predicted octanol–water partition coefficient (Wildman–Crippen LogP) is 2.91. The monoisotopic (exact) mass is 250 g/mol. The number of aryl methyl sites for hydroxylation is 1. The largest absolute Gasteiger partial charge is 0.352 e. The van der Waals surface area contributed by atoms with Gasteiger partial charge >= 0.3 is 0 Å². The van der Waals surface area contributed by atoms with Crippen molar-refractivity contribution in [2.75, 3.05) is 0 Å². The molecule has 0 spiro atoms. The lowest BCUT2D eigenvalue weighted by Crippen LogP contribution is -1.81. The summed E-state index contributed by atoms with van der Waals surface area (Å²) in [6.07, 6.45) is 1.67. The molecular formula is C14H10N4O. The number of hydrogen-bond donors (Lipinski definition) is 1. The van der Waals surface area contributed by atoms with Crippen molar-refractivity contribution in [3.63, 3.8) is 0 Å². The fraction of sp³-hybridized carbons (Fsp3) is 0.0714. The van der Waals surface area contributed by atoms with Crippen molar-refractivity contribution in [2.24, 2.45) is 0 Å². The standard InChI is InChI=1S/C14H10N4O/c1-9-3-2-4-10(5-9)13-17-14(19-18-13)11-6-12(7-15)16-8-11/h2-6,8,16H,1H3. The van der Waals surface area contributed by atoms with Crippen molar-refractivity contribution in [1.82, 2.24) is 15.1 Å². The van der Waals surface area contributed by atoms with Crippen LogP contribution in [0.4, 0.5) is 0 Å². The fourth-order valence-electron chi connectivity index (χ4n) is 1.82. The molecule has 0 bridgehead atoms. The summed E-state index contributed by atoms with van der Waals surface area (Å²) in [6, 6.07) is 11.6. The number of nitrogens with zero attached hydrogens (tertiary/aromatic N) is 3. The smallest absolute Gasteiger partial charge is 0.259 e. The molecule has 3 rings (SSSR count). The molecule has 0 saturated heterocycles. The number of aromatic amines is 1. The van der Waals surface area contributed by atoms with Crippen LogP contribution in [0.3, 0.4) is 0 Å². The minimum Gasteiger partial charge on any atom is -0.352 e. The molecule has 19 heavy (non-hydrogen) atoms. The highest BCUT2D eigenvalue weighted by atomic mass is 16.5. The average Bonchev–Trinajstić information content (AvgIpc) is 3.07. The Morgan fingerprint density at radius 2 is 2.16 bits per heavy atom. The zero-order valence-electron chi connectivity index (χ0n) is 10.2. The summed E-state index contributed by atoms with van der Waals surface area (Å²) in [5.74, 6) is 0.938. The van der Waals surface area contributed by atoms with Gasteiger partial charge in [0, 0.05) is 11.8 Å². The Hall–Kier alpha value is -2.87. The lowest BCUT2D eigenvalue weighted by molar-refractivity contribution is 0.432. The number of H-pyrrole nitrogens is 1. The van der Waals surface area contributed by atoms with Crippen molar-refractivity contribution >= 4 is 0 Å². The van der Waals surface area contributed by atoms with Gasteiger partial charge in [-0.1, -0.05) is 28.9 Å². The molecule has 0 amide bonds. The van der Waals surface area contributed by atoms with Gasteiger partial charge < -0.3 is 9.51 Å². The number of rotatable bonds is 2. The second-order valence-corrected chi connectivity index (χ2v) is 4.21. The Kier molecular flexibility index (Phi) is 2.62. The maximum atomic E-state index is 8.76. The van der Waals surface area contributed by atoms with E-state index in [1.165, 1.54) is 0 Å². The first-order valence-corrected chi connectivity index (χ1v) is 5.76. The van der Waals surface area contributed by atoms with E-state index in [1.54, 1.807) is 12.3 Å². The third-order valence-electron chi connectivity index (χ3n) is 2.75. The zero-order valence-corrected chi connectivity index (χ0v) is 10.2. The van der Waals surface area contributed by atoms with Crippen LogP contribution < -0.4 is 0 Å². The van der Waals surface area contributed by atoms with Crippen molar-refractivity contribution < 1.29 is 4.52 Å². The van der Waals surface area contributed by atoms with Gasteiger partial charge in [-0.25, -0.2) is 0 Å². The Morgan fingerprint density at radius 3 is 2.89 bits per heavy atom. The molecule has 0 radical (unpaired) electrons. The highest BCUT2D eigenvalue weighted by molar-refractivity contribution is 5.60. The molecule has 0 unspecified atom stereocenters. The quantitative estimate of drug-likeness (QED) is 0.758. The molecule has 0 aliphatic carbocycles. The highest BCUT2D eigenvalue weighted by Crippen LogP contribution is 2.23. The highest BCUT2D eigenvalue weighted by Gasteiger charge is 2.12. The molecular weight excluding hydrogens is 240 g/mol. The van der Waals surface area contributed by atoms with Gasteiger partial charge in [0.1, 0.15) is 11.8 Å². The predicted molar refractivity (Wildman–Crippen MR) is 69.0 cm³/mol. The number of nitrogens with one attached hydrogen (secondary N) is 1. The van der Waals surface area contributed by atoms with Crippen LogP contribution in [0, 0.1) is 18.3 Å². The van der Waals surface area contributed by atoms with Crippen LogP contribution in [-0.2, 0) is 0 Å². The average molecular weight is 250 g/mol. The third-order valence-corrected chi connectivity index (χ3v) is 2.75. The van der Waals surface area contributed by atoms with Crippen LogP contribution in [0.15, 0.2) is 41.1 Å². The Balaban J connectivity index is 1.97. The van der Waals surface area contributed by atoms with Gasteiger partial charge in [-0.15, -0.1) is 0 Å². The van der Waals surface area contributed by atoms with E-state index in [2.05, 4.69) is 15.1 Å². The lowest BCUT2D eigenvalue weighted by Gasteiger charge is -1.94.